The molecular weight excluding hydrogens is 192 g/mol. The molecular formula is C11H25O2Si. The molecule has 0 aliphatic heterocycles. The van der Waals surface area contributed by atoms with Gasteiger partial charge in [-0.05, 0) is 19.3 Å². The van der Waals surface area contributed by atoms with Crippen molar-refractivity contribution < 1.29 is 8.85 Å². The molecule has 2 nitrogen and oxygen atoms in total. The average molecular weight is 217 g/mol. The second-order valence-electron chi connectivity index (χ2n) is 4.22. The van der Waals surface area contributed by atoms with Crippen LogP contribution >= 0.6 is 0 Å². The van der Waals surface area contributed by atoms with Crippen LogP contribution in [0, 0.1) is 0 Å². The van der Waals surface area contributed by atoms with Gasteiger partial charge in [-0.25, -0.2) is 0 Å². The van der Waals surface area contributed by atoms with Crippen molar-refractivity contribution in [1.82, 2.24) is 0 Å². The van der Waals surface area contributed by atoms with Crippen LogP contribution in [0.5, 0.6) is 0 Å². The van der Waals surface area contributed by atoms with Gasteiger partial charge in [0, 0.05) is 18.3 Å². The van der Waals surface area contributed by atoms with Crippen LogP contribution in [0.3, 0.4) is 0 Å². The standard InChI is InChI=1S/C11H25O2Si/c1-6-9-12-14(13-10-7-2)11(4,5)8-3/h6-10H2,1-5H3. The molecule has 0 atom stereocenters. The van der Waals surface area contributed by atoms with Crippen molar-refractivity contribution in [3.63, 3.8) is 0 Å². The normalized spacial score (nSPS) is 12.4. The molecule has 0 aromatic carbocycles. The Balaban J connectivity index is 4.08. The predicted molar refractivity (Wildman–Crippen MR) is 62.6 cm³/mol. The largest absolute Gasteiger partial charge is 0.393 e. The second kappa shape index (κ2) is 7.43. The summed E-state index contributed by atoms with van der Waals surface area (Å²) in [6.07, 6.45) is 3.27. The van der Waals surface area contributed by atoms with Crippen LogP contribution < -0.4 is 0 Å². The zero-order valence-electron chi connectivity index (χ0n) is 10.4. The van der Waals surface area contributed by atoms with E-state index in [2.05, 4.69) is 34.6 Å². The van der Waals surface area contributed by atoms with Crippen LogP contribution in [0.25, 0.3) is 0 Å². The highest BCUT2D eigenvalue weighted by Crippen LogP contribution is 2.33. The molecule has 0 N–H and O–H groups in total. The van der Waals surface area contributed by atoms with E-state index in [0.717, 1.165) is 32.5 Å². The maximum absolute atomic E-state index is 5.83. The number of hydrogen-bond acceptors (Lipinski definition) is 2. The van der Waals surface area contributed by atoms with Gasteiger partial charge < -0.3 is 8.85 Å². The van der Waals surface area contributed by atoms with Gasteiger partial charge in [0.05, 0.1) is 0 Å². The lowest BCUT2D eigenvalue weighted by molar-refractivity contribution is 0.174. The first-order valence-corrected chi connectivity index (χ1v) is 7.03. The summed E-state index contributed by atoms with van der Waals surface area (Å²) in [4.78, 5) is 0. The Hall–Kier alpha value is 0.137. The Morgan fingerprint density at radius 2 is 1.36 bits per heavy atom. The van der Waals surface area contributed by atoms with E-state index in [1.807, 2.05) is 0 Å². The molecule has 0 unspecified atom stereocenters. The first kappa shape index (κ1) is 14.1. The molecule has 0 fully saturated rings. The van der Waals surface area contributed by atoms with Crippen molar-refractivity contribution in [3.8, 4) is 0 Å². The topological polar surface area (TPSA) is 18.5 Å². The van der Waals surface area contributed by atoms with Crippen molar-refractivity contribution in [2.24, 2.45) is 0 Å². The van der Waals surface area contributed by atoms with Gasteiger partial charge in [-0.1, -0.05) is 34.6 Å². The summed E-state index contributed by atoms with van der Waals surface area (Å²) in [7, 11) is -1.10. The lowest BCUT2D eigenvalue weighted by Crippen LogP contribution is -2.35. The summed E-state index contributed by atoms with van der Waals surface area (Å²) >= 11 is 0. The lowest BCUT2D eigenvalue weighted by Gasteiger charge is -2.29. The number of rotatable bonds is 8. The summed E-state index contributed by atoms with van der Waals surface area (Å²) in [5.74, 6) is 0. The molecule has 85 valence electrons. The maximum Gasteiger partial charge on any atom is 0.390 e. The van der Waals surface area contributed by atoms with Gasteiger partial charge in [0.2, 0.25) is 0 Å². The van der Waals surface area contributed by atoms with Crippen molar-refractivity contribution in [2.45, 2.75) is 58.9 Å². The fourth-order valence-electron chi connectivity index (χ4n) is 0.966. The SMILES string of the molecule is CCCO[Si](OCCC)C(C)(C)CC. The minimum absolute atomic E-state index is 0.217. The monoisotopic (exact) mass is 217 g/mol. The quantitative estimate of drug-likeness (QED) is 0.579. The molecule has 0 saturated carbocycles. The summed E-state index contributed by atoms with van der Waals surface area (Å²) in [5.41, 5.74) is 0. The van der Waals surface area contributed by atoms with Gasteiger partial charge in [-0.2, -0.15) is 0 Å². The molecule has 0 bridgehead atoms. The smallest absolute Gasteiger partial charge is 0.390 e. The van der Waals surface area contributed by atoms with E-state index >= 15 is 0 Å². The Kier molecular flexibility index (Phi) is 7.50. The van der Waals surface area contributed by atoms with Crippen LogP contribution in [0.1, 0.15) is 53.9 Å². The molecule has 0 heterocycles. The fourth-order valence-corrected chi connectivity index (χ4v) is 2.90. The molecule has 14 heavy (non-hydrogen) atoms. The van der Waals surface area contributed by atoms with Crippen LogP contribution in [0.4, 0.5) is 0 Å². The van der Waals surface area contributed by atoms with E-state index in [-0.39, 0.29) is 5.04 Å². The summed E-state index contributed by atoms with van der Waals surface area (Å²) in [5, 5.41) is 0.217. The number of hydrogen-bond donors (Lipinski definition) is 0. The summed E-state index contributed by atoms with van der Waals surface area (Å²) in [6.45, 7) is 12.6. The van der Waals surface area contributed by atoms with Crippen LogP contribution in [0.2, 0.25) is 5.04 Å². The molecule has 1 radical (unpaired) electrons. The fraction of sp³-hybridized carbons (Fsp3) is 1.00. The zero-order valence-corrected chi connectivity index (χ0v) is 11.4. The van der Waals surface area contributed by atoms with Gasteiger partial charge >= 0.3 is 9.28 Å². The molecule has 0 saturated heterocycles. The zero-order chi connectivity index (χ0) is 11.0. The first-order valence-electron chi connectivity index (χ1n) is 5.71. The summed E-state index contributed by atoms with van der Waals surface area (Å²) < 4.78 is 11.7. The first-order chi connectivity index (χ1) is 6.58. The molecule has 0 aliphatic carbocycles. The van der Waals surface area contributed by atoms with E-state index in [1.54, 1.807) is 0 Å². The molecule has 0 aromatic heterocycles. The van der Waals surface area contributed by atoms with Crippen LogP contribution in [-0.4, -0.2) is 22.5 Å². The van der Waals surface area contributed by atoms with Gasteiger partial charge in [0.25, 0.3) is 0 Å². The van der Waals surface area contributed by atoms with Gasteiger partial charge in [-0.15, -0.1) is 0 Å². The van der Waals surface area contributed by atoms with E-state index in [0.29, 0.717) is 0 Å². The minimum atomic E-state index is -1.10. The van der Waals surface area contributed by atoms with E-state index in [1.165, 1.54) is 0 Å². The van der Waals surface area contributed by atoms with Crippen LogP contribution in [-0.2, 0) is 8.85 Å². The van der Waals surface area contributed by atoms with Gasteiger partial charge in [0.15, 0.2) is 0 Å². The highest BCUT2D eigenvalue weighted by Gasteiger charge is 2.34. The Bertz CT molecular complexity index is 129. The average Bonchev–Trinajstić information content (AvgIpc) is 2.17. The van der Waals surface area contributed by atoms with Gasteiger partial charge in [0.1, 0.15) is 0 Å². The van der Waals surface area contributed by atoms with E-state index in [4.69, 9.17) is 8.85 Å². The Morgan fingerprint density at radius 3 is 1.64 bits per heavy atom. The van der Waals surface area contributed by atoms with Gasteiger partial charge in [-0.3, -0.25) is 0 Å². The predicted octanol–water partition coefficient (Wildman–Crippen LogP) is 3.52. The maximum atomic E-state index is 5.83. The summed E-state index contributed by atoms with van der Waals surface area (Å²) in [6, 6.07) is 0. The molecule has 0 amide bonds. The molecule has 0 spiro atoms. The van der Waals surface area contributed by atoms with Crippen LogP contribution in [0.15, 0.2) is 0 Å². The molecule has 0 aliphatic rings. The Morgan fingerprint density at radius 1 is 0.929 bits per heavy atom. The lowest BCUT2D eigenvalue weighted by atomic mass is 10.1. The Labute approximate surface area is 90.8 Å². The van der Waals surface area contributed by atoms with E-state index < -0.39 is 9.28 Å². The highest BCUT2D eigenvalue weighted by molar-refractivity contribution is 6.48. The third-order valence-corrected chi connectivity index (χ3v) is 4.70. The molecule has 0 aromatic rings. The van der Waals surface area contributed by atoms with Crippen molar-refractivity contribution in [1.29, 1.82) is 0 Å². The van der Waals surface area contributed by atoms with Crippen molar-refractivity contribution >= 4 is 9.28 Å². The van der Waals surface area contributed by atoms with Crippen molar-refractivity contribution in [3.05, 3.63) is 0 Å². The molecule has 0 rings (SSSR count). The minimum Gasteiger partial charge on any atom is -0.393 e. The second-order valence-corrected chi connectivity index (χ2v) is 6.73. The van der Waals surface area contributed by atoms with Crippen molar-refractivity contribution in [2.75, 3.05) is 13.2 Å². The highest BCUT2D eigenvalue weighted by atomic mass is 28.3. The third-order valence-electron chi connectivity index (χ3n) is 2.31. The third kappa shape index (κ3) is 5.13. The van der Waals surface area contributed by atoms with E-state index in [9.17, 15) is 0 Å². The molecule has 3 heteroatoms.